The van der Waals surface area contributed by atoms with Crippen LogP contribution in [0.2, 0.25) is 0 Å². The average Bonchev–Trinajstić information content (AvgIpc) is 2.59. The molecule has 1 aromatic carbocycles. The third kappa shape index (κ3) is 5.52. The maximum Gasteiger partial charge on any atom is 0.251 e. The van der Waals surface area contributed by atoms with Crippen LogP contribution in [-0.4, -0.2) is 75.6 Å². The molecule has 1 aromatic rings. The number of carbonyl (C=O) groups excluding carboxylic acids is 1. The first-order valence-corrected chi connectivity index (χ1v) is 8.60. The molecule has 1 fully saturated rings. The number of piperazine rings is 1. The van der Waals surface area contributed by atoms with Gasteiger partial charge in [0.2, 0.25) is 0 Å². The Bertz CT molecular complexity index is 478. The van der Waals surface area contributed by atoms with Crippen molar-refractivity contribution in [2.45, 2.75) is 13.3 Å². The smallest absolute Gasteiger partial charge is 0.251 e. The average molecular weight is 318 g/mol. The molecule has 1 heterocycles. The molecule has 1 aliphatic heterocycles. The number of hydrogen-bond donors (Lipinski definition) is 1. The van der Waals surface area contributed by atoms with E-state index in [4.69, 9.17) is 0 Å². The van der Waals surface area contributed by atoms with Gasteiger partial charge in [-0.2, -0.15) is 0 Å². The first kappa shape index (κ1) is 17.8. The van der Waals surface area contributed by atoms with E-state index in [9.17, 15) is 4.79 Å². The number of anilines is 1. The lowest BCUT2D eigenvalue weighted by Gasteiger charge is -2.33. The summed E-state index contributed by atoms with van der Waals surface area (Å²) in [5.74, 6) is 0.0195. The molecule has 1 saturated heterocycles. The molecule has 0 aliphatic carbocycles. The van der Waals surface area contributed by atoms with Crippen molar-refractivity contribution in [1.29, 1.82) is 0 Å². The Morgan fingerprint density at radius 2 is 1.70 bits per heavy atom. The van der Waals surface area contributed by atoms with Gasteiger partial charge in [0.25, 0.3) is 5.91 Å². The van der Waals surface area contributed by atoms with Gasteiger partial charge in [-0.3, -0.25) is 4.79 Å². The lowest BCUT2D eigenvalue weighted by Crippen LogP contribution is -2.46. The van der Waals surface area contributed by atoms with E-state index >= 15 is 0 Å². The lowest BCUT2D eigenvalue weighted by atomic mass is 10.2. The summed E-state index contributed by atoms with van der Waals surface area (Å²) in [7, 11) is 3.99. The van der Waals surface area contributed by atoms with E-state index < -0.39 is 0 Å². The van der Waals surface area contributed by atoms with Crippen molar-refractivity contribution in [3.63, 3.8) is 0 Å². The largest absolute Gasteiger partial charge is 0.378 e. The minimum absolute atomic E-state index is 0.0195. The topological polar surface area (TPSA) is 38.8 Å². The zero-order chi connectivity index (χ0) is 16.7. The van der Waals surface area contributed by atoms with E-state index in [2.05, 4.69) is 22.0 Å². The van der Waals surface area contributed by atoms with Crippen LogP contribution in [0, 0.1) is 0 Å². The molecule has 0 spiro atoms. The van der Waals surface area contributed by atoms with Crippen LogP contribution >= 0.6 is 0 Å². The second-order valence-corrected chi connectivity index (χ2v) is 6.33. The van der Waals surface area contributed by atoms with Crippen LogP contribution in [-0.2, 0) is 0 Å². The molecule has 23 heavy (non-hydrogen) atoms. The molecule has 5 heteroatoms. The van der Waals surface area contributed by atoms with Crippen LogP contribution in [0.1, 0.15) is 23.7 Å². The van der Waals surface area contributed by atoms with Crippen molar-refractivity contribution in [2.24, 2.45) is 0 Å². The summed E-state index contributed by atoms with van der Waals surface area (Å²) in [6.07, 6.45) is 1.01. The molecule has 1 aliphatic rings. The van der Waals surface area contributed by atoms with Crippen LogP contribution in [0.15, 0.2) is 24.3 Å². The standard InChI is InChI=1S/C18H30N4O/c1-4-21-12-14-22(15-13-21)11-5-10-19-18(23)16-6-8-17(9-7-16)20(2)3/h6-9H,4-5,10-15H2,1-3H3,(H,19,23). The molecule has 1 amide bonds. The third-order valence-corrected chi connectivity index (χ3v) is 4.49. The van der Waals surface area contributed by atoms with E-state index in [1.165, 1.54) is 13.1 Å². The Hall–Kier alpha value is -1.59. The van der Waals surface area contributed by atoms with Crippen LogP contribution in [0.5, 0.6) is 0 Å². The summed E-state index contributed by atoms with van der Waals surface area (Å²) < 4.78 is 0. The monoisotopic (exact) mass is 318 g/mol. The van der Waals surface area contributed by atoms with E-state index in [0.29, 0.717) is 0 Å². The van der Waals surface area contributed by atoms with Gasteiger partial charge in [0, 0.05) is 58.1 Å². The Morgan fingerprint density at radius 3 is 2.26 bits per heavy atom. The van der Waals surface area contributed by atoms with Gasteiger partial charge in [0.1, 0.15) is 0 Å². The van der Waals surface area contributed by atoms with Crippen molar-refractivity contribution in [3.8, 4) is 0 Å². The van der Waals surface area contributed by atoms with Gasteiger partial charge >= 0.3 is 0 Å². The number of hydrogen-bond acceptors (Lipinski definition) is 4. The van der Waals surface area contributed by atoms with Crippen LogP contribution < -0.4 is 10.2 Å². The Kier molecular flexibility index (Phi) is 6.86. The van der Waals surface area contributed by atoms with Crippen molar-refractivity contribution >= 4 is 11.6 Å². The summed E-state index contributed by atoms with van der Waals surface area (Å²) in [5, 5.41) is 3.02. The second kappa shape index (κ2) is 8.89. The lowest BCUT2D eigenvalue weighted by molar-refractivity contribution is 0.0948. The predicted octanol–water partition coefficient (Wildman–Crippen LogP) is 1.51. The molecule has 0 aromatic heterocycles. The fraction of sp³-hybridized carbons (Fsp3) is 0.611. The minimum atomic E-state index is 0.0195. The molecule has 0 atom stereocenters. The number of benzene rings is 1. The summed E-state index contributed by atoms with van der Waals surface area (Å²) in [5.41, 5.74) is 1.83. The van der Waals surface area contributed by atoms with E-state index in [-0.39, 0.29) is 5.91 Å². The zero-order valence-electron chi connectivity index (χ0n) is 14.7. The van der Waals surface area contributed by atoms with E-state index in [1.807, 2.05) is 43.3 Å². The van der Waals surface area contributed by atoms with Gasteiger partial charge < -0.3 is 20.0 Å². The Labute approximate surface area is 140 Å². The molecule has 0 unspecified atom stereocenters. The molecule has 2 rings (SSSR count). The maximum atomic E-state index is 12.1. The van der Waals surface area contributed by atoms with Gasteiger partial charge in [-0.1, -0.05) is 6.92 Å². The number of nitrogens with zero attached hydrogens (tertiary/aromatic N) is 3. The van der Waals surface area contributed by atoms with Gasteiger partial charge in [-0.15, -0.1) is 0 Å². The van der Waals surface area contributed by atoms with Crippen molar-refractivity contribution < 1.29 is 4.79 Å². The summed E-state index contributed by atoms with van der Waals surface area (Å²) in [4.78, 5) is 19.1. The molecular weight excluding hydrogens is 288 g/mol. The predicted molar refractivity (Wildman–Crippen MR) is 96.3 cm³/mol. The molecule has 5 nitrogen and oxygen atoms in total. The highest BCUT2D eigenvalue weighted by Gasteiger charge is 2.14. The highest BCUT2D eigenvalue weighted by molar-refractivity contribution is 5.94. The van der Waals surface area contributed by atoms with Gasteiger partial charge in [0.15, 0.2) is 0 Å². The highest BCUT2D eigenvalue weighted by atomic mass is 16.1. The normalized spacial score (nSPS) is 16.3. The maximum absolute atomic E-state index is 12.1. The van der Waals surface area contributed by atoms with Crippen LogP contribution in [0.3, 0.4) is 0 Å². The first-order chi connectivity index (χ1) is 11.1. The SMILES string of the molecule is CCN1CCN(CCCNC(=O)c2ccc(N(C)C)cc2)CC1. The minimum Gasteiger partial charge on any atom is -0.378 e. The van der Waals surface area contributed by atoms with Gasteiger partial charge in [-0.05, 0) is 43.8 Å². The first-order valence-electron chi connectivity index (χ1n) is 8.60. The fourth-order valence-electron chi connectivity index (χ4n) is 2.85. The molecule has 128 valence electrons. The van der Waals surface area contributed by atoms with Crippen molar-refractivity contribution in [1.82, 2.24) is 15.1 Å². The van der Waals surface area contributed by atoms with Crippen LogP contribution in [0.25, 0.3) is 0 Å². The van der Waals surface area contributed by atoms with Crippen molar-refractivity contribution in [3.05, 3.63) is 29.8 Å². The van der Waals surface area contributed by atoms with E-state index in [0.717, 1.165) is 50.4 Å². The number of amides is 1. The molecule has 0 radical (unpaired) electrons. The summed E-state index contributed by atoms with van der Waals surface area (Å²) >= 11 is 0. The van der Waals surface area contributed by atoms with Crippen LogP contribution in [0.4, 0.5) is 5.69 Å². The second-order valence-electron chi connectivity index (χ2n) is 6.33. The number of carbonyl (C=O) groups is 1. The molecular formula is C18H30N4O. The Morgan fingerprint density at radius 1 is 1.09 bits per heavy atom. The number of rotatable bonds is 7. The third-order valence-electron chi connectivity index (χ3n) is 4.49. The molecule has 0 bridgehead atoms. The summed E-state index contributed by atoms with van der Waals surface area (Å²) in [6, 6.07) is 7.72. The number of nitrogens with one attached hydrogen (secondary N) is 1. The van der Waals surface area contributed by atoms with Gasteiger partial charge in [0.05, 0.1) is 0 Å². The fourth-order valence-corrected chi connectivity index (χ4v) is 2.85. The Balaban J connectivity index is 1.65. The summed E-state index contributed by atoms with van der Waals surface area (Å²) in [6.45, 7) is 9.80. The zero-order valence-corrected chi connectivity index (χ0v) is 14.7. The molecule has 0 saturated carbocycles. The number of likely N-dealkylation sites (N-methyl/N-ethyl adjacent to an activating group) is 1. The quantitative estimate of drug-likeness (QED) is 0.774. The van der Waals surface area contributed by atoms with Crippen molar-refractivity contribution in [2.75, 3.05) is 64.8 Å². The molecule has 1 N–H and O–H groups in total. The highest BCUT2D eigenvalue weighted by Crippen LogP contribution is 2.12. The van der Waals surface area contributed by atoms with E-state index in [1.54, 1.807) is 0 Å². The van der Waals surface area contributed by atoms with Gasteiger partial charge in [-0.25, -0.2) is 0 Å².